The van der Waals surface area contributed by atoms with E-state index in [4.69, 9.17) is 0 Å². The number of likely N-dealkylation sites (tertiary alicyclic amines) is 1. The molecule has 28 heavy (non-hydrogen) atoms. The normalized spacial score (nSPS) is 27.2. The summed E-state index contributed by atoms with van der Waals surface area (Å²) in [6.07, 6.45) is 5.29. The van der Waals surface area contributed by atoms with Crippen LogP contribution in [0.3, 0.4) is 0 Å². The summed E-state index contributed by atoms with van der Waals surface area (Å²) >= 11 is 0. The molecule has 2 fully saturated rings. The second-order valence-corrected chi connectivity index (χ2v) is 8.44. The SMILES string of the molecule is CC(=O)c1ncn(C[C@H]2CC[C@H]3CN(C(C)=O)[C@H](C(C)=O)C[C@H]3C2)c1C(C)=O. The molecule has 3 rings (SSSR count). The lowest BCUT2D eigenvalue weighted by molar-refractivity contribution is -0.142. The van der Waals surface area contributed by atoms with Gasteiger partial charge in [-0.2, -0.15) is 0 Å². The molecule has 1 aliphatic carbocycles. The first-order valence-electron chi connectivity index (χ1n) is 10.0. The van der Waals surface area contributed by atoms with Crippen molar-refractivity contribution in [2.75, 3.05) is 6.54 Å². The number of amides is 1. The van der Waals surface area contributed by atoms with E-state index in [9.17, 15) is 19.2 Å². The summed E-state index contributed by atoms with van der Waals surface area (Å²) in [5.74, 6) is 0.872. The van der Waals surface area contributed by atoms with Crippen LogP contribution in [0.15, 0.2) is 6.33 Å². The van der Waals surface area contributed by atoms with Gasteiger partial charge in [0, 0.05) is 33.9 Å². The highest BCUT2D eigenvalue weighted by Crippen LogP contribution is 2.42. The number of imidazole rings is 1. The van der Waals surface area contributed by atoms with E-state index in [0.717, 1.165) is 25.7 Å². The zero-order valence-electron chi connectivity index (χ0n) is 17.1. The summed E-state index contributed by atoms with van der Waals surface area (Å²) in [4.78, 5) is 53.7. The third-order valence-corrected chi connectivity index (χ3v) is 6.42. The van der Waals surface area contributed by atoms with Crippen LogP contribution >= 0.6 is 0 Å². The molecule has 7 nitrogen and oxygen atoms in total. The van der Waals surface area contributed by atoms with Gasteiger partial charge in [-0.25, -0.2) is 4.98 Å². The Morgan fingerprint density at radius 1 is 1.00 bits per heavy atom. The fraction of sp³-hybridized carbons (Fsp3) is 0.667. The second kappa shape index (κ2) is 7.97. The lowest BCUT2D eigenvalue weighted by Gasteiger charge is -2.47. The number of aromatic nitrogens is 2. The topological polar surface area (TPSA) is 89.3 Å². The highest BCUT2D eigenvalue weighted by molar-refractivity contribution is 6.04. The summed E-state index contributed by atoms with van der Waals surface area (Å²) in [5, 5.41) is 0. The Kier molecular flexibility index (Phi) is 5.82. The van der Waals surface area contributed by atoms with Crippen molar-refractivity contribution in [3.63, 3.8) is 0 Å². The van der Waals surface area contributed by atoms with Crippen molar-refractivity contribution in [2.45, 2.75) is 66.0 Å². The molecule has 0 radical (unpaired) electrons. The molecule has 7 heteroatoms. The Bertz CT molecular complexity index is 813. The van der Waals surface area contributed by atoms with Gasteiger partial charge in [-0.1, -0.05) is 0 Å². The molecule has 0 unspecified atom stereocenters. The van der Waals surface area contributed by atoms with Crippen LogP contribution in [-0.2, 0) is 16.1 Å². The molecular weight excluding hydrogens is 358 g/mol. The van der Waals surface area contributed by atoms with Crippen LogP contribution in [0.1, 0.15) is 74.4 Å². The van der Waals surface area contributed by atoms with E-state index in [1.165, 1.54) is 20.8 Å². The maximum Gasteiger partial charge on any atom is 0.220 e. The van der Waals surface area contributed by atoms with Crippen LogP contribution in [-0.4, -0.2) is 50.3 Å². The highest BCUT2D eigenvalue weighted by Gasteiger charge is 2.41. The van der Waals surface area contributed by atoms with Gasteiger partial charge in [-0.3, -0.25) is 19.2 Å². The first-order valence-corrected chi connectivity index (χ1v) is 10.0. The van der Waals surface area contributed by atoms with Crippen LogP contribution in [0.2, 0.25) is 0 Å². The number of hydrogen-bond acceptors (Lipinski definition) is 5. The van der Waals surface area contributed by atoms with Gasteiger partial charge in [0.15, 0.2) is 17.3 Å². The van der Waals surface area contributed by atoms with Crippen LogP contribution in [0.25, 0.3) is 0 Å². The molecule has 0 aromatic carbocycles. The summed E-state index contributed by atoms with van der Waals surface area (Å²) in [6, 6.07) is -0.317. The average molecular weight is 387 g/mol. The third-order valence-electron chi connectivity index (χ3n) is 6.42. The maximum atomic E-state index is 12.1. The predicted molar refractivity (Wildman–Crippen MR) is 103 cm³/mol. The fourth-order valence-corrected chi connectivity index (χ4v) is 5.07. The van der Waals surface area contributed by atoms with Crippen molar-refractivity contribution in [1.82, 2.24) is 14.5 Å². The first kappa shape index (κ1) is 20.4. The quantitative estimate of drug-likeness (QED) is 0.724. The van der Waals surface area contributed by atoms with Crippen LogP contribution in [0.4, 0.5) is 0 Å². The number of rotatable bonds is 5. The van der Waals surface area contributed by atoms with Gasteiger partial charge in [0.05, 0.1) is 12.4 Å². The predicted octanol–water partition coefficient (Wildman–Crippen LogP) is 2.53. The molecule has 2 heterocycles. The van der Waals surface area contributed by atoms with Crippen molar-refractivity contribution in [3.8, 4) is 0 Å². The molecule has 152 valence electrons. The summed E-state index contributed by atoms with van der Waals surface area (Å²) in [7, 11) is 0. The Morgan fingerprint density at radius 2 is 1.71 bits per heavy atom. The van der Waals surface area contributed by atoms with Crippen molar-refractivity contribution in [3.05, 3.63) is 17.7 Å². The van der Waals surface area contributed by atoms with Gasteiger partial charge in [-0.15, -0.1) is 0 Å². The Morgan fingerprint density at radius 3 is 2.29 bits per heavy atom. The average Bonchev–Trinajstić information content (AvgIpc) is 3.04. The lowest BCUT2D eigenvalue weighted by atomic mass is 9.68. The number of fused-ring (bicyclic) bond motifs is 1. The van der Waals surface area contributed by atoms with E-state index < -0.39 is 0 Å². The number of ketones is 3. The highest BCUT2D eigenvalue weighted by atomic mass is 16.2. The summed E-state index contributed by atoms with van der Waals surface area (Å²) < 4.78 is 1.82. The molecule has 4 atom stereocenters. The van der Waals surface area contributed by atoms with Crippen molar-refractivity contribution in [1.29, 1.82) is 0 Å². The van der Waals surface area contributed by atoms with Crippen LogP contribution in [0, 0.1) is 17.8 Å². The molecule has 1 saturated heterocycles. The van der Waals surface area contributed by atoms with Gasteiger partial charge >= 0.3 is 0 Å². The van der Waals surface area contributed by atoms with Crippen molar-refractivity contribution < 1.29 is 19.2 Å². The van der Waals surface area contributed by atoms with Crippen molar-refractivity contribution in [2.24, 2.45) is 17.8 Å². The molecule has 0 N–H and O–H groups in total. The molecule has 0 bridgehead atoms. The monoisotopic (exact) mass is 387 g/mol. The number of nitrogens with zero attached hydrogens (tertiary/aromatic N) is 3. The van der Waals surface area contributed by atoms with E-state index >= 15 is 0 Å². The van der Waals surface area contributed by atoms with Gasteiger partial charge in [0.1, 0.15) is 11.4 Å². The minimum Gasteiger partial charge on any atom is -0.333 e. The van der Waals surface area contributed by atoms with Gasteiger partial charge < -0.3 is 9.47 Å². The molecule has 1 amide bonds. The maximum absolute atomic E-state index is 12.1. The molecular formula is C21H29N3O4. The van der Waals surface area contributed by atoms with E-state index in [1.807, 2.05) is 4.57 Å². The summed E-state index contributed by atoms with van der Waals surface area (Å²) in [5.41, 5.74) is 0.634. The molecule has 2 aliphatic rings. The minimum absolute atomic E-state index is 0.0259. The standard InChI is InChI=1S/C21H29N3O4/c1-12(25)19-8-18-7-16(5-6-17(18)10-24(19)15(4)28)9-23-11-22-20(13(2)26)21(23)14(3)27/h11,16-19H,5-10H2,1-4H3/t16-,17-,18+,19-/m0/s1. The molecule has 1 aliphatic heterocycles. The number of carbonyl (C=O) groups excluding carboxylic acids is 4. The fourth-order valence-electron chi connectivity index (χ4n) is 5.07. The molecule has 1 aromatic rings. The van der Waals surface area contributed by atoms with Crippen LogP contribution in [0.5, 0.6) is 0 Å². The zero-order chi connectivity index (χ0) is 20.6. The Balaban J connectivity index is 1.74. The molecule has 1 aromatic heterocycles. The largest absolute Gasteiger partial charge is 0.333 e. The van der Waals surface area contributed by atoms with E-state index in [1.54, 1.807) is 18.2 Å². The third kappa shape index (κ3) is 3.93. The minimum atomic E-state index is -0.317. The number of piperidine rings is 1. The second-order valence-electron chi connectivity index (χ2n) is 8.44. The number of Topliss-reactive ketones (excluding diaryl/α,β-unsaturated/α-hetero) is 3. The first-order chi connectivity index (χ1) is 13.2. The smallest absolute Gasteiger partial charge is 0.220 e. The van der Waals surface area contributed by atoms with Crippen LogP contribution < -0.4 is 0 Å². The van der Waals surface area contributed by atoms with Crippen molar-refractivity contribution >= 4 is 23.3 Å². The number of hydrogen-bond donors (Lipinski definition) is 0. The van der Waals surface area contributed by atoms with Gasteiger partial charge in [0.2, 0.25) is 5.91 Å². The van der Waals surface area contributed by atoms with E-state index in [0.29, 0.717) is 36.5 Å². The van der Waals surface area contributed by atoms with E-state index in [2.05, 4.69) is 4.98 Å². The van der Waals surface area contributed by atoms with E-state index in [-0.39, 0.29) is 35.0 Å². The number of carbonyl (C=O) groups is 4. The molecule has 0 spiro atoms. The molecule has 1 saturated carbocycles. The lowest BCUT2D eigenvalue weighted by Crippen LogP contribution is -2.53. The Hall–Kier alpha value is -2.31. The summed E-state index contributed by atoms with van der Waals surface area (Å²) in [6.45, 7) is 7.31. The van der Waals surface area contributed by atoms with Gasteiger partial charge in [0.25, 0.3) is 0 Å². The Labute approximate surface area is 165 Å². The zero-order valence-corrected chi connectivity index (χ0v) is 17.1. The van der Waals surface area contributed by atoms with Gasteiger partial charge in [-0.05, 0) is 50.4 Å².